The summed E-state index contributed by atoms with van der Waals surface area (Å²) in [6.07, 6.45) is 0.651. The second-order valence-corrected chi connectivity index (χ2v) is 5.63. The van der Waals surface area contributed by atoms with E-state index in [4.69, 9.17) is 0 Å². The van der Waals surface area contributed by atoms with Gasteiger partial charge in [0.25, 0.3) is 5.91 Å². The van der Waals surface area contributed by atoms with Crippen LogP contribution in [-0.2, 0) is 14.4 Å². The Hall–Kier alpha value is -2.71. The maximum absolute atomic E-state index is 14.1. The van der Waals surface area contributed by atoms with Crippen LogP contribution in [0.3, 0.4) is 0 Å². The zero-order valence-electron chi connectivity index (χ0n) is 12.9. The van der Waals surface area contributed by atoms with Crippen molar-refractivity contribution in [2.24, 2.45) is 0 Å². The molecule has 2 fully saturated rings. The lowest BCUT2D eigenvalue weighted by Gasteiger charge is -2.37. The molecule has 7 nitrogen and oxygen atoms in total. The molecule has 3 aliphatic rings. The van der Waals surface area contributed by atoms with Gasteiger partial charge in [-0.15, -0.1) is 0 Å². The van der Waals surface area contributed by atoms with Crippen molar-refractivity contribution in [2.75, 3.05) is 13.7 Å². The van der Waals surface area contributed by atoms with Gasteiger partial charge in [0.1, 0.15) is 11.9 Å². The molecule has 0 radical (unpaired) electrons. The number of imide groups is 1. The van der Waals surface area contributed by atoms with Crippen molar-refractivity contribution in [1.82, 2.24) is 20.9 Å². The Morgan fingerprint density at radius 3 is 2.75 bits per heavy atom. The number of nitrogens with one attached hydrogen (secondary N) is 3. The predicted molar refractivity (Wildman–Crippen MR) is 79.3 cm³/mol. The van der Waals surface area contributed by atoms with E-state index >= 15 is 0 Å². The summed E-state index contributed by atoms with van der Waals surface area (Å²) in [5, 5.41) is 7.46. The first kappa shape index (κ1) is 16.2. The van der Waals surface area contributed by atoms with Gasteiger partial charge in [0.05, 0.1) is 17.9 Å². The lowest BCUT2D eigenvalue weighted by Crippen LogP contribution is -2.58. The van der Waals surface area contributed by atoms with E-state index in [1.54, 1.807) is 0 Å². The largest absolute Gasteiger partial charge is 0.386 e. The van der Waals surface area contributed by atoms with Gasteiger partial charge in [-0.3, -0.25) is 19.7 Å². The van der Waals surface area contributed by atoms with Gasteiger partial charge >= 0.3 is 0 Å². The van der Waals surface area contributed by atoms with E-state index in [-0.39, 0.29) is 36.5 Å². The van der Waals surface area contributed by atoms with Crippen LogP contribution in [0.25, 0.3) is 0 Å². The quantitative estimate of drug-likeness (QED) is 0.604. The van der Waals surface area contributed by atoms with Crippen molar-refractivity contribution in [3.05, 3.63) is 34.9 Å². The molecule has 2 saturated heterocycles. The summed E-state index contributed by atoms with van der Waals surface area (Å²) in [5.74, 6) is -2.44. The molecule has 3 amide bonds. The van der Waals surface area contributed by atoms with Crippen molar-refractivity contribution < 1.29 is 23.2 Å². The Labute approximate surface area is 136 Å². The molecule has 0 aromatic carbocycles. The highest BCUT2D eigenvalue weighted by Crippen LogP contribution is 2.28. The van der Waals surface area contributed by atoms with Crippen molar-refractivity contribution in [2.45, 2.75) is 25.1 Å². The molecule has 9 heteroatoms. The third-order valence-corrected chi connectivity index (χ3v) is 4.19. The molecule has 0 bridgehead atoms. The van der Waals surface area contributed by atoms with Gasteiger partial charge in [0.2, 0.25) is 11.8 Å². The number of carbonyl (C=O) groups is 3. The smallest absolute Gasteiger partial charge is 0.258 e. The fraction of sp³-hybridized carbons (Fsp3) is 0.400. The van der Waals surface area contributed by atoms with Crippen LogP contribution in [0.4, 0.5) is 8.78 Å². The summed E-state index contributed by atoms with van der Waals surface area (Å²) in [5.41, 5.74) is -0.153. The lowest BCUT2D eigenvalue weighted by molar-refractivity contribution is -0.144. The summed E-state index contributed by atoms with van der Waals surface area (Å²) < 4.78 is 28.2. The van der Waals surface area contributed by atoms with Crippen LogP contribution in [0, 0.1) is 0 Å². The minimum absolute atomic E-state index is 0.0302. The van der Waals surface area contributed by atoms with Gasteiger partial charge in [-0.1, -0.05) is 0 Å². The van der Waals surface area contributed by atoms with E-state index in [0.29, 0.717) is 0 Å². The number of rotatable bonds is 2. The van der Waals surface area contributed by atoms with Crippen LogP contribution in [0.15, 0.2) is 34.9 Å². The standard InChI is InChI=1S/C15H16F2N4O3/c1-18-13-8(16)4-7-10(5-9(13)17)19-6-21(15(7)24)11-2-3-12(22)20-14(11)23/h4-5,9,11,18-19H,2-3,6H2,1H3,(H,20,22,23). The number of piperidine rings is 1. The molecule has 2 heterocycles. The topological polar surface area (TPSA) is 90.5 Å². The Morgan fingerprint density at radius 2 is 2.08 bits per heavy atom. The normalized spacial score (nSPS) is 27.6. The highest BCUT2D eigenvalue weighted by atomic mass is 19.1. The number of alkyl halides is 1. The number of amides is 3. The van der Waals surface area contributed by atoms with Crippen LogP contribution in [0.1, 0.15) is 12.8 Å². The van der Waals surface area contributed by atoms with Crippen LogP contribution in [-0.4, -0.2) is 48.6 Å². The van der Waals surface area contributed by atoms with Gasteiger partial charge in [-0.25, -0.2) is 8.78 Å². The fourth-order valence-corrected chi connectivity index (χ4v) is 2.95. The zero-order chi connectivity index (χ0) is 17.4. The van der Waals surface area contributed by atoms with E-state index in [0.717, 1.165) is 12.2 Å². The fourth-order valence-electron chi connectivity index (χ4n) is 2.95. The molecule has 0 saturated carbocycles. The summed E-state index contributed by atoms with van der Waals surface area (Å²) in [7, 11) is 1.39. The Morgan fingerprint density at radius 1 is 1.33 bits per heavy atom. The van der Waals surface area contributed by atoms with Crippen LogP contribution in [0.2, 0.25) is 0 Å². The molecule has 2 unspecified atom stereocenters. The van der Waals surface area contributed by atoms with Gasteiger partial charge in [0, 0.05) is 19.2 Å². The summed E-state index contributed by atoms with van der Waals surface area (Å²) in [6, 6.07) is -0.828. The molecule has 24 heavy (non-hydrogen) atoms. The number of carbonyl (C=O) groups excluding carboxylic acids is 3. The first-order chi connectivity index (χ1) is 11.4. The van der Waals surface area contributed by atoms with E-state index in [9.17, 15) is 23.2 Å². The minimum atomic E-state index is -1.72. The average molecular weight is 338 g/mol. The van der Waals surface area contributed by atoms with Gasteiger partial charge in [-0.2, -0.15) is 0 Å². The predicted octanol–water partition coefficient (Wildman–Crippen LogP) is -0.257. The summed E-state index contributed by atoms with van der Waals surface area (Å²) in [6.45, 7) is -0.0302. The van der Waals surface area contributed by atoms with E-state index < -0.39 is 35.8 Å². The third kappa shape index (κ3) is 2.66. The number of nitrogens with zero attached hydrogens (tertiary/aromatic N) is 1. The van der Waals surface area contributed by atoms with Crippen molar-refractivity contribution >= 4 is 17.7 Å². The number of hydrogen-bond acceptors (Lipinski definition) is 5. The van der Waals surface area contributed by atoms with Crippen LogP contribution >= 0.6 is 0 Å². The molecule has 3 N–H and O–H groups in total. The highest BCUT2D eigenvalue weighted by Gasteiger charge is 2.39. The maximum Gasteiger partial charge on any atom is 0.258 e. The van der Waals surface area contributed by atoms with Crippen molar-refractivity contribution in [1.29, 1.82) is 0 Å². The van der Waals surface area contributed by atoms with Gasteiger partial charge < -0.3 is 15.5 Å². The highest BCUT2D eigenvalue weighted by molar-refractivity contribution is 6.05. The molecule has 1 aliphatic carbocycles. The Bertz CT molecular complexity index is 714. The molecule has 2 atom stereocenters. The zero-order valence-corrected chi connectivity index (χ0v) is 12.9. The molecule has 3 rings (SSSR count). The average Bonchev–Trinajstić information content (AvgIpc) is 2.64. The SMILES string of the molecule is CNC1=C(F)C=C2C(=O)N(C3CCC(=O)NC3=O)CNC2=CC1F. The summed E-state index contributed by atoms with van der Waals surface area (Å²) >= 11 is 0. The molecule has 2 aliphatic heterocycles. The maximum atomic E-state index is 14.1. The first-order valence-corrected chi connectivity index (χ1v) is 7.46. The molecule has 128 valence electrons. The molecular formula is C15H16F2N4O3. The first-order valence-electron chi connectivity index (χ1n) is 7.46. The van der Waals surface area contributed by atoms with E-state index in [1.165, 1.54) is 11.9 Å². The third-order valence-electron chi connectivity index (χ3n) is 4.19. The van der Waals surface area contributed by atoms with Crippen LogP contribution < -0.4 is 16.0 Å². The Balaban J connectivity index is 1.92. The second kappa shape index (κ2) is 6.06. The monoisotopic (exact) mass is 338 g/mol. The summed E-state index contributed by atoms with van der Waals surface area (Å²) in [4.78, 5) is 37.1. The number of hydrogen-bond donors (Lipinski definition) is 3. The molecule has 0 aromatic heterocycles. The van der Waals surface area contributed by atoms with Gasteiger partial charge in [-0.05, 0) is 18.6 Å². The van der Waals surface area contributed by atoms with Crippen molar-refractivity contribution in [3.8, 4) is 0 Å². The lowest BCUT2D eigenvalue weighted by atomic mass is 10.0. The van der Waals surface area contributed by atoms with Crippen LogP contribution in [0.5, 0.6) is 0 Å². The van der Waals surface area contributed by atoms with E-state index in [2.05, 4.69) is 16.0 Å². The number of halogens is 2. The minimum Gasteiger partial charge on any atom is -0.386 e. The van der Waals surface area contributed by atoms with E-state index in [1.807, 2.05) is 0 Å². The van der Waals surface area contributed by atoms with Crippen molar-refractivity contribution in [3.63, 3.8) is 0 Å². The number of fused-ring (bicyclic) bond motifs is 1. The molecule has 0 aromatic rings. The Kier molecular flexibility index (Phi) is 4.08. The molecular weight excluding hydrogens is 322 g/mol. The number of allylic oxidation sites excluding steroid dienone is 3. The van der Waals surface area contributed by atoms with Gasteiger partial charge in [0.15, 0.2) is 6.17 Å². The second-order valence-electron chi connectivity index (χ2n) is 5.63. The molecule has 0 spiro atoms.